The number of aliphatic hydroxyl groups is 1. The summed E-state index contributed by atoms with van der Waals surface area (Å²) in [6.07, 6.45) is 0.931. The average molecular weight is 308 g/mol. The number of carboxylic acid groups (broad SMARTS) is 1. The minimum Gasteiger partial charge on any atom is -0.478 e. The molecule has 0 fully saturated rings. The second kappa shape index (κ2) is 8.96. The van der Waals surface area contributed by atoms with Crippen LogP contribution in [0.2, 0.25) is 0 Å². The van der Waals surface area contributed by atoms with Crippen molar-refractivity contribution in [3.8, 4) is 0 Å². The van der Waals surface area contributed by atoms with Gasteiger partial charge in [0, 0.05) is 11.0 Å². The zero-order chi connectivity index (χ0) is 10.8. The van der Waals surface area contributed by atoms with Crippen LogP contribution in [0, 0.1) is 0 Å². The van der Waals surface area contributed by atoms with Crippen molar-refractivity contribution >= 4 is 28.6 Å². The smallest absolute Gasteiger partial charge is 0.335 e. The van der Waals surface area contributed by atoms with E-state index < -0.39 is 5.97 Å². The Labute approximate surface area is 96.9 Å². The Morgan fingerprint density at radius 3 is 2.07 bits per heavy atom. The van der Waals surface area contributed by atoms with Gasteiger partial charge in [0.25, 0.3) is 0 Å². The van der Waals surface area contributed by atoms with Crippen LogP contribution in [-0.2, 0) is 0 Å². The number of hydrogen-bond donors (Lipinski definition) is 2. The molecule has 0 atom stereocenters. The molecule has 1 rings (SSSR count). The summed E-state index contributed by atoms with van der Waals surface area (Å²) < 4.78 is 1.06. The number of benzene rings is 1. The average Bonchev–Trinajstić information content (AvgIpc) is 2.21. The first-order valence-electron chi connectivity index (χ1n) is 4.17. The number of rotatable bonds is 3. The van der Waals surface area contributed by atoms with Crippen molar-refractivity contribution < 1.29 is 15.0 Å². The van der Waals surface area contributed by atoms with Crippen molar-refractivity contribution in [1.82, 2.24) is 0 Å². The number of carbonyl (C=O) groups is 1. The van der Waals surface area contributed by atoms with Crippen LogP contribution in [0.4, 0.5) is 0 Å². The van der Waals surface area contributed by atoms with Crippen molar-refractivity contribution in [2.45, 2.75) is 6.42 Å². The molecule has 1 aromatic rings. The fourth-order valence-corrected chi connectivity index (χ4v) is 0.982. The highest BCUT2D eigenvalue weighted by molar-refractivity contribution is 14.1. The van der Waals surface area contributed by atoms with Gasteiger partial charge in [0.1, 0.15) is 0 Å². The van der Waals surface area contributed by atoms with E-state index in [1.54, 1.807) is 30.3 Å². The molecule has 4 heteroatoms. The summed E-state index contributed by atoms with van der Waals surface area (Å²) in [6.45, 7) is 0.336. The molecule has 0 aliphatic heterocycles. The molecular formula is C10H13IO3. The van der Waals surface area contributed by atoms with E-state index in [4.69, 9.17) is 10.2 Å². The molecule has 0 saturated carbocycles. The highest BCUT2D eigenvalue weighted by Crippen LogP contribution is 1.96. The van der Waals surface area contributed by atoms with Gasteiger partial charge in [-0.25, -0.2) is 4.79 Å². The van der Waals surface area contributed by atoms with E-state index in [1.165, 1.54) is 0 Å². The molecule has 0 radical (unpaired) electrons. The first-order valence-corrected chi connectivity index (χ1v) is 5.70. The Bertz CT molecular complexity index is 247. The standard InChI is InChI=1S/C7H6O2.C3H7IO/c8-7(9)6-4-2-1-3-5-6;4-2-1-3-5/h1-5H,(H,8,9);5H,1-3H2. The largest absolute Gasteiger partial charge is 0.478 e. The lowest BCUT2D eigenvalue weighted by atomic mass is 10.2. The minimum absolute atomic E-state index is 0.331. The van der Waals surface area contributed by atoms with E-state index in [2.05, 4.69) is 22.6 Å². The number of carboxylic acids is 1. The van der Waals surface area contributed by atoms with Crippen molar-refractivity contribution in [3.63, 3.8) is 0 Å². The Hall–Kier alpha value is -0.620. The van der Waals surface area contributed by atoms with Crippen LogP contribution in [0.15, 0.2) is 30.3 Å². The number of halogens is 1. The van der Waals surface area contributed by atoms with Gasteiger partial charge >= 0.3 is 5.97 Å². The molecule has 3 nitrogen and oxygen atoms in total. The lowest BCUT2D eigenvalue weighted by Gasteiger charge is -1.88. The topological polar surface area (TPSA) is 57.5 Å². The third-order valence-corrected chi connectivity index (χ3v) is 2.08. The van der Waals surface area contributed by atoms with Gasteiger partial charge in [0.15, 0.2) is 0 Å². The van der Waals surface area contributed by atoms with E-state index in [9.17, 15) is 4.79 Å². The van der Waals surface area contributed by atoms with E-state index >= 15 is 0 Å². The third kappa shape index (κ3) is 6.85. The molecule has 0 amide bonds. The normalized spacial score (nSPS) is 8.71. The molecule has 0 saturated heterocycles. The van der Waals surface area contributed by atoms with E-state index in [-0.39, 0.29) is 0 Å². The molecule has 0 spiro atoms. The van der Waals surface area contributed by atoms with Gasteiger partial charge in [-0.2, -0.15) is 0 Å². The molecule has 0 heterocycles. The number of aliphatic hydroxyl groups excluding tert-OH is 1. The molecule has 78 valence electrons. The summed E-state index contributed by atoms with van der Waals surface area (Å²) in [5.41, 5.74) is 0.331. The van der Waals surface area contributed by atoms with Gasteiger partial charge in [0.2, 0.25) is 0 Å². The monoisotopic (exact) mass is 308 g/mol. The summed E-state index contributed by atoms with van der Waals surface area (Å²) in [7, 11) is 0. The molecule has 14 heavy (non-hydrogen) atoms. The third-order valence-electron chi connectivity index (χ3n) is 1.31. The molecule has 0 aliphatic carbocycles. The maximum atomic E-state index is 10.2. The Kier molecular flexibility index (Phi) is 8.56. The van der Waals surface area contributed by atoms with Gasteiger partial charge in [0.05, 0.1) is 5.56 Å². The second-order valence-corrected chi connectivity index (χ2v) is 3.52. The van der Waals surface area contributed by atoms with Gasteiger partial charge in [-0.15, -0.1) is 0 Å². The molecule has 0 aliphatic rings. The second-order valence-electron chi connectivity index (χ2n) is 2.44. The van der Waals surface area contributed by atoms with E-state index in [1.807, 2.05) is 0 Å². The number of hydrogen-bond acceptors (Lipinski definition) is 2. The molecule has 1 aromatic carbocycles. The van der Waals surface area contributed by atoms with Gasteiger partial charge in [-0.1, -0.05) is 40.8 Å². The summed E-state index contributed by atoms with van der Waals surface area (Å²) >= 11 is 2.23. The van der Waals surface area contributed by atoms with E-state index in [0.29, 0.717) is 12.2 Å². The molecule has 2 N–H and O–H groups in total. The van der Waals surface area contributed by atoms with Crippen molar-refractivity contribution in [2.24, 2.45) is 0 Å². The van der Waals surface area contributed by atoms with Crippen LogP contribution in [0.5, 0.6) is 0 Å². The predicted octanol–water partition coefficient (Wildman–Crippen LogP) is 2.19. The number of alkyl halides is 1. The van der Waals surface area contributed by atoms with Crippen LogP contribution in [0.1, 0.15) is 16.8 Å². The van der Waals surface area contributed by atoms with Gasteiger partial charge in [-0.3, -0.25) is 0 Å². The summed E-state index contributed by atoms with van der Waals surface area (Å²) in [5, 5.41) is 16.4. The Morgan fingerprint density at radius 1 is 1.29 bits per heavy atom. The lowest BCUT2D eigenvalue weighted by molar-refractivity contribution is 0.0697. The van der Waals surface area contributed by atoms with Crippen molar-refractivity contribution in [2.75, 3.05) is 11.0 Å². The highest BCUT2D eigenvalue weighted by atomic mass is 127. The zero-order valence-corrected chi connectivity index (χ0v) is 9.85. The minimum atomic E-state index is -0.879. The van der Waals surface area contributed by atoms with Crippen molar-refractivity contribution in [1.29, 1.82) is 0 Å². The summed E-state index contributed by atoms with van der Waals surface area (Å²) in [4.78, 5) is 10.2. The molecule has 0 aromatic heterocycles. The lowest BCUT2D eigenvalue weighted by Crippen LogP contribution is -1.93. The molecular weight excluding hydrogens is 295 g/mol. The fourth-order valence-electron chi connectivity index (χ4n) is 0.640. The van der Waals surface area contributed by atoms with Crippen LogP contribution in [0.25, 0.3) is 0 Å². The number of aromatic carboxylic acids is 1. The SMILES string of the molecule is O=C(O)c1ccccc1.OCCCI. The Balaban J connectivity index is 0.000000292. The van der Waals surface area contributed by atoms with Gasteiger partial charge < -0.3 is 10.2 Å². The quantitative estimate of drug-likeness (QED) is 0.665. The molecule has 0 unspecified atom stereocenters. The predicted molar refractivity (Wildman–Crippen MR) is 64.0 cm³/mol. The first kappa shape index (κ1) is 13.4. The maximum Gasteiger partial charge on any atom is 0.335 e. The maximum absolute atomic E-state index is 10.2. The fraction of sp³-hybridized carbons (Fsp3) is 0.300. The van der Waals surface area contributed by atoms with Gasteiger partial charge in [-0.05, 0) is 18.6 Å². The van der Waals surface area contributed by atoms with Crippen molar-refractivity contribution in [3.05, 3.63) is 35.9 Å². The van der Waals surface area contributed by atoms with Crippen LogP contribution < -0.4 is 0 Å². The summed E-state index contributed by atoms with van der Waals surface area (Å²) in [6, 6.07) is 8.30. The zero-order valence-electron chi connectivity index (χ0n) is 7.69. The van der Waals surface area contributed by atoms with Crippen LogP contribution in [-0.4, -0.2) is 27.2 Å². The van der Waals surface area contributed by atoms with Crippen LogP contribution >= 0.6 is 22.6 Å². The van der Waals surface area contributed by atoms with Crippen LogP contribution in [0.3, 0.4) is 0 Å². The first-order chi connectivity index (χ1) is 6.72. The van der Waals surface area contributed by atoms with E-state index in [0.717, 1.165) is 10.8 Å². The summed E-state index contributed by atoms with van der Waals surface area (Å²) in [5.74, 6) is -0.879. The molecule has 0 bridgehead atoms. The highest BCUT2D eigenvalue weighted by Gasteiger charge is 1.96. The Morgan fingerprint density at radius 2 is 1.86 bits per heavy atom.